The van der Waals surface area contributed by atoms with Gasteiger partial charge in [0.25, 0.3) is 0 Å². The van der Waals surface area contributed by atoms with E-state index in [0.717, 1.165) is 11.5 Å². The van der Waals surface area contributed by atoms with Crippen molar-refractivity contribution in [3.05, 3.63) is 82.3 Å². The first-order valence-electron chi connectivity index (χ1n) is 12.2. The predicted molar refractivity (Wildman–Crippen MR) is 144 cm³/mol. The Labute approximate surface area is 206 Å². The Hall–Kier alpha value is -2.13. The minimum absolute atomic E-state index is 0.127. The first-order valence-corrected chi connectivity index (χ1v) is 19.0. The van der Waals surface area contributed by atoms with E-state index < -0.39 is 16.6 Å². The fourth-order valence-corrected chi connectivity index (χ4v) is 5.56. The summed E-state index contributed by atoms with van der Waals surface area (Å²) in [7, 11) is -3.33. The molecule has 2 atom stereocenters. The number of rotatable bonds is 10. The molecule has 4 rings (SSSR count). The van der Waals surface area contributed by atoms with E-state index in [1.165, 1.54) is 22.3 Å². The second-order valence-corrected chi connectivity index (χ2v) is 20.2. The minimum Gasteiger partial charge on any atom is -0.472 e. The highest BCUT2D eigenvalue weighted by Crippen LogP contribution is 2.51. The fraction of sp³-hybridized carbons (Fsp3) is 0.429. The van der Waals surface area contributed by atoms with Crippen LogP contribution in [0.4, 0.5) is 0 Å². The third-order valence-electron chi connectivity index (χ3n) is 6.36. The normalized spacial score (nSPS) is 20.3. The maximum absolute atomic E-state index is 6.30. The molecular weight excluding hydrogens is 456 g/mol. The highest BCUT2D eigenvalue weighted by molar-refractivity contribution is 6.70. The average molecular weight is 495 g/mol. The predicted octanol–water partition coefficient (Wildman–Crippen LogP) is 7.55. The molecule has 2 unspecified atom stereocenters. The van der Waals surface area contributed by atoms with Crippen molar-refractivity contribution in [2.24, 2.45) is 5.92 Å². The molecule has 2 aromatic carbocycles. The van der Waals surface area contributed by atoms with E-state index in [4.69, 9.17) is 18.3 Å². The quantitative estimate of drug-likeness (QED) is 0.252. The number of hydrogen-bond donors (Lipinski definition) is 0. The van der Waals surface area contributed by atoms with Crippen LogP contribution < -0.4 is 0 Å². The molecule has 0 aliphatic heterocycles. The largest absolute Gasteiger partial charge is 0.472 e. The maximum atomic E-state index is 6.30. The lowest BCUT2D eigenvalue weighted by molar-refractivity contribution is 0.0359. The summed E-state index contributed by atoms with van der Waals surface area (Å²) in [6.45, 7) is 16.0. The van der Waals surface area contributed by atoms with Crippen LogP contribution in [0.15, 0.2) is 60.0 Å². The number of hydrogen-bond acceptors (Lipinski definition) is 4. The van der Waals surface area contributed by atoms with E-state index in [9.17, 15) is 0 Å². The molecule has 182 valence electrons. The third-order valence-corrected chi connectivity index (χ3v) is 8.33. The lowest BCUT2D eigenvalue weighted by Gasteiger charge is -2.31. The summed E-state index contributed by atoms with van der Waals surface area (Å²) >= 11 is 0. The van der Waals surface area contributed by atoms with Gasteiger partial charge in [-0.15, -0.1) is 0 Å². The lowest BCUT2D eigenvalue weighted by Crippen LogP contribution is -2.28. The number of ether oxygens (including phenoxy) is 2. The van der Waals surface area contributed by atoms with Crippen molar-refractivity contribution in [1.82, 2.24) is 0 Å². The van der Waals surface area contributed by atoms with Gasteiger partial charge in [-0.3, -0.25) is 0 Å². The molecule has 6 heteroatoms. The summed E-state index contributed by atoms with van der Waals surface area (Å²) in [5.74, 6) is 2.44. The number of benzene rings is 2. The Morgan fingerprint density at radius 1 is 0.647 bits per heavy atom. The second-order valence-electron chi connectivity index (χ2n) is 11.2. The summed E-state index contributed by atoms with van der Waals surface area (Å²) in [6.07, 6.45) is 4.37. The van der Waals surface area contributed by atoms with Crippen LogP contribution in [0.3, 0.4) is 0 Å². The molecule has 2 aliphatic carbocycles. The smallest absolute Gasteiger partial charge is 0.188 e. The van der Waals surface area contributed by atoms with Gasteiger partial charge in [0.05, 0.1) is 0 Å². The first-order chi connectivity index (χ1) is 16.0. The lowest BCUT2D eigenvalue weighted by atomic mass is 9.76. The molecule has 0 aromatic heterocycles. The van der Waals surface area contributed by atoms with E-state index in [0.29, 0.717) is 13.6 Å². The van der Waals surface area contributed by atoms with Gasteiger partial charge in [-0.2, -0.15) is 0 Å². The Bertz CT molecular complexity index is 993. The van der Waals surface area contributed by atoms with E-state index in [2.05, 4.69) is 107 Å². The molecule has 34 heavy (non-hydrogen) atoms. The third kappa shape index (κ3) is 5.74. The molecule has 0 saturated carbocycles. The van der Waals surface area contributed by atoms with Crippen LogP contribution in [0.25, 0.3) is 12.2 Å². The molecule has 2 aromatic rings. The van der Waals surface area contributed by atoms with Gasteiger partial charge < -0.3 is 18.3 Å². The second kappa shape index (κ2) is 9.86. The highest BCUT2D eigenvalue weighted by atomic mass is 28.4. The van der Waals surface area contributed by atoms with Gasteiger partial charge in [0.15, 0.2) is 30.2 Å². The van der Waals surface area contributed by atoms with Crippen molar-refractivity contribution in [3.63, 3.8) is 0 Å². The summed E-state index contributed by atoms with van der Waals surface area (Å²) < 4.78 is 24.7. The maximum Gasteiger partial charge on any atom is 0.188 e. The van der Waals surface area contributed by atoms with E-state index >= 15 is 0 Å². The summed E-state index contributed by atoms with van der Waals surface area (Å²) in [4.78, 5) is 0. The van der Waals surface area contributed by atoms with Crippen LogP contribution in [-0.2, 0) is 18.3 Å². The van der Waals surface area contributed by atoms with Gasteiger partial charge in [0, 0.05) is 11.8 Å². The Morgan fingerprint density at radius 3 is 1.41 bits per heavy atom. The molecule has 0 radical (unpaired) electrons. The van der Waals surface area contributed by atoms with Gasteiger partial charge in [-0.25, -0.2) is 0 Å². The zero-order valence-corrected chi connectivity index (χ0v) is 23.6. The monoisotopic (exact) mass is 494 g/mol. The Morgan fingerprint density at radius 2 is 1.03 bits per heavy atom. The van der Waals surface area contributed by atoms with Crippen molar-refractivity contribution in [2.45, 2.75) is 58.0 Å². The van der Waals surface area contributed by atoms with Crippen LogP contribution in [0.2, 0.25) is 39.3 Å². The van der Waals surface area contributed by atoms with Crippen LogP contribution in [0, 0.1) is 5.92 Å². The van der Waals surface area contributed by atoms with Gasteiger partial charge in [0.2, 0.25) is 0 Å². The topological polar surface area (TPSA) is 36.9 Å². The standard InChI is InChI=1S/C28H38O4Si2/c1-20(27-23-14-10-8-12-21(23)16-25(27)29-18-31-33(2,3)4)28-24-15-11-9-13-22(24)17-26(28)30-19-32-34(5,6)7/h8-17,20,27-28H,18-19H2,1-7H3. The molecule has 0 saturated heterocycles. The van der Waals surface area contributed by atoms with Crippen LogP contribution in [-0.4, -0.2) is 30.2 Å². The zero-order chi connectivity index (χ0) is 24.5. The van der Waals surface area contributed by atoms with E-state index in [1.54, 1.807) is 0 Å². The zero-order valence-electron chi connectivity index (χ0n) is 21.6. The number of fused-ring (bicyclic) bond motifs is 2. The van der Waals surface area contributed by atoms with Crippen LogP contribution in [0.5, 0.6) is 0 Å². The summed E-state index contributed by atoms with van der Waals surface area (Å²) in [5, 5.41) is 0. The van der Waals surface area contributed by atoms with Crippen molar-refractivity contribution in [1.29, 1.82) is 0 Å². The van der Waals surface area contributed by atoms with E-state index in [-0.39, 0.29) is 17.8 Å². The Balaban J connectivity index is 1.61. The molecule has 0 N–H and O–H groups in total. The first kappa shape index (κ1) is 25.0. The molecule has 2 aliphatic rings. The van der Waals surface area contributed by atoms with Crippen molar-refractivity contribution >= 4 is 28.8 Å². The van der Waals surface area contributed by atoms with Gasteiger partial charge in [0.1, 0.15) is 11.5 Å². The number of allylic oxidation sites excluding steroid dienone is 2. The van der Waals surface area contributed by atoms with Crippen LogP contribution >= 0.6 is 0 Å². The van der Waals surface area contributed by atoms with Gasteiger partial charge >= 0.3 is 0 Å². The van der Waals surface area contributed by atoms with Crippen molar-refractivity contribution in [3.8, 4) is 0 Å². The molecule has 0 amide bonds. The Kier molecular flexibility index (Phi) is 7.24. The van der Waals surface area contributed by atoms with Crippen molar-refractivity contribution in [2.75, 3.05) is 13.6 Å². The summed E-state index contributed by atoms with van der Waals surface area (Å²) in [6, 6.07) is 17.2. The fourth-order valence-electron chi connectivity index (χ4n) is 4.73. The molecule has 0 fully saturated rings. The SMILES string of the molecule is CC(C1C(OCO[Si](C)(C)C)=Cc2ccccc21)C1C(OCO[Si](C)(C)C)=Cc2ccccc21. The minimum atomic E-state index is -1.66. The highest BCUT2D eigenvalue weighted by Gasteiger charge is 2.41. The average Bonchev–Trinajstić information content (AvgIpc) is 3.29. The van der Waals surface area contributed by atoms with Crippen molar-refractivity contribution < 1.29 is 18.3 Å². The molecule has 0 bridgehead atoms. The van der Waals surface area contributed by atoms with Crippen LogP contribution in [0.1, 0.15) is 41.0 Å². The molecule has 0 spiro atoms. The molecule has 0 heterocycles. The summed E-state index contributed by atoms with van der Waals surface area (Å²) in [5.41, 5.74) is 5.06. The van der Waals surface area contributed by atoms with Gasteiger partial charge in [-0.05, 0) is 79.6 Å². The van der Waals surface area contributed by atoms with Gasteiger partial charge in [-0.1, -0.05) is 55.5 Å². The molecular formula is C28H38O4Si2. The molecule has 4 nitrogen and oxygen atoms in total. The van der Waals surface area contributed by atoms with E-state index in [1.807, 2.05) is 0 Å².